The zero-order valence-electron chi connectivity index (χ0n) is 17.4. The number of sulfonamides is 1. The lowest BCUT2D eigenvalue weighted by atomic mass is 9.78. The third-order valence-electron chi connectivity index (χ3n) is 5.50. The molecule has 2 N–H and O–H groups in total. The van der Waals surface area contributed by atoms with E-state index in [2.05, 4.69) is 9.84 Å². The summed E-state index contributed by atoms with van der Waals surface area (Å²) >= 11 is 0. The van der Waals surface area contributed by atoms with E-state index in [0.717, 1.165) is 12.1 Å². The van der Waals surface area contributed by atoms with Gasteiger partial charge in [0.2, 0.25) is 10.0 Å². The van der Waals surface area contributed by atoms with Crippen molar-refractivity contribution in [1.82, 2.24) is 5.01 Å². The fraction of sp³-hybridized carbons (Fsp3) is 0.227. The van der Waals surface area contributed by atoms with Gasteiger partial charge >= 0.3 is 6.36 Å². The molecule has 1 aliphatic carbocycles. The summed E-state index contributed by atoms with van der Waals surface area (Å²) in [4.78, 5) is -0.199. The number of nitrogens with two attached hydrogens (primary N) is 1. The number of allylic oxidation sites excluding steroid dienone is 2. The van der Waals surface area contributed by atoms with Crippen LogP contribution in [0.4, 0.5) is 22.0 Å². The first-order chi connectivity index (χ1) is 15.9. The predicted octanol–water partition coefficient (Wildman–Crippen LogP) is 4.41. The van der Waals surface area contributed by atoms with E-state index in [-0.39, 0.29) is 22.5 Å². The fourth-order valence-electron chi connectivity index (χ4n) is 4.07. The van der Waals surface area contributed by atoms with Gasteiger partial charge in [-0.2, -0.15) is 5.10 Å². The van der Waals surface area contributed by atoms with Gasteiger partial charge in [-0.15, -0.1) is 13.2 Å². The topological polar surface area (TPSA) is 85.0 Å². The van der Waals surface area contributed by atoms with Crippen molar-refractivity contribution in [2.45, 2.75) is 29.6 Å². The van der Waals surface area contributed by atoms with E-state index in [1.165, 1.54) is 47.5 Å². The number of nitrogens with zero attached hydrogens (tertiary/aromatic N) is 2. The molecule has 1 unspecified atom stereocenters. The van der Waals surface area contributed by atoms with Crippen LogP contribution in [-0.2, 0) is 20.3 Å². The average molecular weight is 499 g/mol. The van der Waals surface area contributed by atoms with Gasteiger partial charge in [0.25, 0.3) is 0 Å². The molecular weight excluding hydrogens is 481 g/mol. The molecule has 2 aromatic rings. The Kier molecular flexibility index (Phi) is 5.98. The highest BCUT2D eigenvalue weighted by atomic mass is 32.2. The van der Waals surface area contributed by atoms with E-state index < -0.39 is 39.3 Å². The molecular formula is C22H18F5N3O3S. The van der Waals surface area contributed by atoms with Crippen molar-refractivity contribution < 1.29 is 35.1 Å². The molecule has 0 radical (unpaired) electrons. The summed E-state index contributed by atoms with van der Waals surface area (Å²) < 4.78 is 95.7. The summed E-state index contributed by atoms with van der Waals surface area (Å²) in [6.45, 7) is 0.311. The zero-order valence-corrected chi connectivity index (χ0v) is 18.2. The maximum absolute atomic E-state index is 14.6. The maximum Gasteiger partial charge on any atom is 0.572 e. The summed E-state index contributed by atoms with van der Waals surface area (Å²) in [5, 5.41) is 10.9. The van der Waals surface area contributed by atoms with Crippen molar-refractivity contribution in [3.63, 3.8) is 0 Å². The molecule has 180 valence electrons. The lowest BCUT2D eigenvalue weighted by Crippen LogP contribution is -2.43. The Hall–Kier alpha value is -3.25. The van der Waals surface area contributed by atoms with Gasteiger partial charge in [-0.3, -0.25) is 5.01 Å². The number of rotatable bonds is 5. The van der Waals surface area contributed by atoms with Crippen molar-refractivity contribution in [2.75, 3.05) is 6.54 Å². The number of halogens is 5. The Morgan fingerprint density at radius 1 is 1.09 bits per heavy atom. The predicted molar refractivity (Wildman–Crippen MR) is 113 cm³/mol. The third-order valence-corrected chi connectivity index (χ3v) is 6.43. The Labute approximate surface area is 191 Å². The Balaban J connectivity index is 1.94. The van der Waals surface area contributed by atoms with Gasteiger partial charge in [0.15, 0.2) is 11.6 Å². The second-order valence-electron chi connectivity index (χ2n) is 7.74. The first-order valence-electron chi connectivity index (χ1n) is 9.96. The fourth-order valence-corrected chi connectivity index (χ4v) is 4.58. The molecule has 0 aromatic heterocycles. The van der Waals surface area contributed by atoms with Gasteiger partial charge in [0, 0.05) is 31.2 Å². The van der Waals surface area contributed by atoms with E-state index in [1.54, 1.807) is 6.21 Å². The van der Waals surface area contributed by atoms with Crippen molar-refractivity contribution >= 4 is 21.8 Å². The molecule has 1 atom stereocenters. The second-order valence-corrected chi connectivity index (χ2v) is 9.30. The lowest BCUT2D eigenvalue weighted by Gasteiger charge is -2.42. The molecule has 0 amide bonds. The summed E-state index contributed by atoms with van der Waals surface area (Å²) in [5.41, 5.74) is -1.39. The number of benzene rings is 2. The largest absolute Gasteiger partial charge is 0.572 e. The highest BCUT2D eigenvalue weighted by molar-refractivity contribution is 7.89. The van der Waals surface area contributed by atoms with Gasteiger partial charge in [0.1, 0.15) is 11.3 Å². The molecule has 2 aromatic carbocycles. The van der Waals surface area contributed by atoms with Crippen LogP contribution in [0.5, 0.6) is 0 Å². The number of primary sulfonamides is 1. The number of alkyl halides is 3. The molecule has 0 saturated heterocycles. The van der Waals surface area contributed by atoms with Crippen LogP contribution in [0.15, 0.2) is 70.4 Å². The first kappa shape index (κ1) is 23.9. The number of hydrogen-bond acceptors (Lipinski definition) is 5. The van der Waals surface area contributed by atoms with Gasteiger partial charge in [-0.05, 0) is 41.5 Å². The number of ether oxygens (including phenoxy) is 1. The van der Waals surface area contributed by atoms with Gasteiger partial charge in [-0.1, -0.05) is 24.3 Å². The third kappa shape index (κ3) is 4.68. The first-order valence-corrected chi connectivity index (χ1v) is 11.5. The molecule has 0 fully saturated rings. The maximum atomic E-state index is 14.6. The van der Waals surface area contributed by atoms with Crippen LogP contribution in [0.25, 0.3) is 5.57 Å². The molecule has 4 rings (SSSR count). The molecule has 0 saturated carbocycles. The average Bonchev–Trinajstić information content (AvgIpc) is 3.29. The van der Waals surface area contributed by atoms with Crippen LogP contribution < -0.4 is 5.14 Å². The van der Waals surface area contributed by atoms with Crippen LogP contribution in [0.3, 0.4) is 0 Å². The summed E-state index contributed by atoms with van der Waals surface area (Å²) in [7, 11) is -4.02. The Bertz CT molecular complexity index is 1300. The van der Waals surface area contributed by atoms with Crippen LogP contribution >= 0.6 is 0 Å². The molecule has 34 heavy (non-hydrogen) atoms. The minimum absolute atomic E-state index is 0.0554. The molecule has 1 heterocycles. The lowest BCUT2D eigenvalue weighted by molar-refractivity contribution is -0.307. The molecule has 6 nitrogen and oxygen atoms in total. The van der Waals surface area contributed by atoms with Gasteiger partial charge in [-0.25, -0.2) is 22.3 Å². The molecule has 0 bridgehead atoms. The van der Waals surface area contributed by atoms with Gasteiger partial charge in [0.05, 0.1) is 4.90 Å². The van der Waals surface area contributed by atoms with Crippen LogP contribution in [0, 0.1) is 11.6 Å². The van der Waals surface area contributed by atoms with Gasteiger partial charge < -0.3 is 4.74 Å². The highest BCUT2D eigenvalue weighted by Gasteiger charge is 2.44. The zero-order chi connectivity index (χ0) is 24.7. The van der Waals surface area contributed by atoms with E-state index in [4.69, 9.17) is 5.14 Å². The quantitative estimate of drug-likeness (QED) is 0.618. The van der Waals surface area contributed by atoms with E-state index in [1.807, 2.05) is 0 Å². The Morgan fingerprint density at radius 3 is 2.38 bits per heavy atom. The molecule has 0 spiro atoms. The summed E-state index contributed by atoms with van der Waals surface area (Å²) in [6, 6.07) is 8.57. The van der Waals surface area contributed by atoms with Crippen LogP contribution in [0.2, 0.25) is 0 Å². The molecule has 12 heteroatoms. The van der Waals surface area contributed by atoms with Crippen molar-refractivity contribution in [2.24, 2.45) is 10.2 Å². The van der Waals surface area contributed by atoms with E-state index in [9.17, 15) is 30.4 Å². The minimum Gasteiger partial charge on any atom is -0.410 e. The standard InChI is InChI=1S/C22H18F5N3O3S/c23-19-4-1-3-18(20(19)24)14-11-16(33-22(25,26)27)13-21(12-14,30-10-2-9-29-30)15-5-7-17(8-6-15)34(28,31)32/h1,3-9,11-12H,2,10,13H2,(H2,28,31,32). The van der Waals surface area contributed by atoms with Crippen molar-refractivity contribution in [3.8, 4) is 0 Å². The van der Waals surface area contributed by atoms with Crippen LogP contribution in [0.1, 0.15) is 24.0 Å². The second kappa shape index (κ2) is 8.51. The highest BCUT2D eigenvalue weighted by Crippen LogP contribution is 2.46. The number of hydrogen-bond donors (Lipinski definition) is 1. The summed E-state index contributed by atoms with van der Waals surface area (Å²) in [5.74, 6) is -2.95. The summed E-state index contributed by atoms with van der Waals surface area (Å²) in [6.07, 6.45) is -0.858. The van der Waals surface area contributed by atoms with E-state index >= 15 is 0 Å². The van der Waals surface area contributed by atoms with Crippen molar-refractivity contribution in [3.05, 3.63) is 83.1 Å². The van der Waals surface area contributed by atoms with E-state index in [0.29, 0.717) is 18.5 Å². The monoisotopic (exact) mass is 499 g/mol. The smallest absolute Gasteiger partial charge is 0.410 e. The minimum atomic E-state index is -5.04. The van der Waals surface area contributed by atoms with Crippen LogP contribution in [-0.4, -0.2) is 32.5 Å². The molecule has 2 aliphatic rings. The van der Waals surface area contributed by atoms with Crippen molar-refractivity contribution in [1.29, 1.82) is 0 Å². The SMILES string of the molecule is NS(=O)(=O)c1ccc(C2(N3CCC=N3)C=C(c3cccc(F)c3F)C=C(OC(F)(F)F)C2)cc1. The molecule has 1 aliphatic heterocycles. The number of hydrazone groups is 1. The Morgan fingerprint density at radius 2 is 1.79 bits per heavy atom. The normalized spacial score (nSPS) is 20.8.